The van der Waals surface area contributed by atoms with Crippen LogP contribution in [-0.4, -0.2) is 39.9 Å². The van der Waals surface area contributed by atoms with E-state index < -0.39 is 0 Å². The molecular weight excluding hydrogens is 324 g/mol. The van der Waals surface area contributed by atoms with E-state index in [2.05, 4.69) is 44.2 Å². The SMILES string of the molecule is CN=C(NC1CCc2nnc(C(C)C)n2C1)NC1CC1C1CCCCC1. The summed E-state index contributed by atoms with van der Waals surface area (Å²) in [4.78, 5) is 4.50. The number of fused-ring (bicyclic) bond motifs is 1. The minimum absolute atomic E-state index is 0.397. The van der Waals surface area contributed by atoms with Gasteiger partial charge in [0.25, 0.3) is 0 Å². The van der Waals surface area contributed by atoms with Gasteiger partial charge in [0.1, 0.15) is 11.6 Å². The van der Waals surface area contributed by atoms with Crippen LogP contribution < -0.4 is 10.6 Å². The number of guanidine groups is 1. The van der Waals surface area contributed by atoms with Gasteiger partial charge >= 0.3 is 0 Å². The van der Waals surface area contributed by atoms with Gasteiger partial charge < -0.3 is 15.2 Å². The molecule has 2 heterocycles. The summed E-state index contributed by atoms with van der Waals surface area (Å²) >= 11 is 0. The lowest BCUT2D eigenvalue weighted by molar-refractivity contribution is 0.315. The zero-order valence-electron chi connectivity index (χ0n) is 16.5. The van der Waals surface area contributed by atoms with Crippen LogP contribution in [0.1, 0.15) is 76.4 Å². The molecule has 0 aromatic carbocycles. The van der Waals surface area contributed by atoms with Gasteiger partial charge in [0.15, 0.2) is 5.96 Å². The number of hydrogen-bond acceptors (Lipinski definition) is 3. The van der Waals surface area contributed by atoms with Crippen LogP contribution in [0.15, 0.2) is 4.99 Å². The Labute approximate surface area is 157 Å². The highest BCUT2D eigenvalue weighted by molar-refractivity contribution is 5.80. The molecule has 1 aromatic rings. The maximum atomic E-state index is 4.50. The molecule has 144 valence electrons. The predicted molar refractivity (Wildman–Crippen MR) is 104 cm³/mol. The minimum Gasteiger partial charge on any atom is -0.353 e. The van der Waals surface area contributed by atoms with Crippen molar-refractivity contribution in [2.24, 2.45) is 16.8 Å². The van der Waals surface area contributed by atoms with Gasteiger partial charge in [-0.1, -0.05) is 46.0 Å². The molecule has 2 aliphatic carbocycles. The van der Waals surface area contributed by atoms with Crippen LogP contribution in [0, 0.1) is 11.8 Å². The molecule has 2 saturated carbocycles. The zero-order chi connectivity index (χ0) is 18.1. The molecule has 3 aliphatic rings. The van der Waals surface area contributed by atoms with Crippen molar-refractivity contribution in [1.82, 2.24) is 25.4 Å². The average Bonchev–Trinajstić information content (AvgIpc) is 3.29. The maximum absolute atomic E-state index is 4.50. The molecule has 0 spiro atoms. The largest absolute Gasteiger partial charge is 0.353 e. The fourth-order valence-corrected chi connectivity index (χ4v) is 4.90. The first-order chi connectivity index (χ1) is 12.7. The molecule has 0 bridgehead atoms. The number of hydrogen-bond donors (Lipinski definition) is 2. The minimum atomic E-state index is 0.397. The topological polar surface area (TPSA) is 67.1 Å². The van der Waals surface area contributed by atoms with Crippen LogP contribution in [0.25, 0.3) is 0 Å². The second-order valence-electron chi connectivity index (χ2n) is 8.74. The highest BCUT2D eigenvalue weighted by Crippen LogP contribution is 2.44. The highest BCUT2D eigenvalue weighted by atomic mass is 15.3. The molecule has 0 radical (unpaired) electrons. The molecule has 6 nitrogen and oxygen atoms in total. The predicted octanol–water partition coefficient (Wildman–Crippen LogP) is 2.85. The summed E-state index contributed by atoms with van der Waals surface area (Å²) in [5.41, 5.74) is 0. The lowest BCUT2D eigenvalue weighted by Gasteiger charge is -2.27. The van der Waals surface area contributed by atoms with Gasteiger partial charge in [0.05, 0.1) is 0 Å². The third-order valence-electron chi connectivity index (χ3n) is 6.47. The lowest BCUT2D eigenvalue weighted by Crippen LogP contribution is -2.48. The molecule has 4 rings (SSSR count). The van der Waals surface area contributed by atoms with E-state index in [1.54, 1.807) is 0 Å². The van der Waals surface area contributed by atoms with Crippen LogP contribution in [0.3, 0.4) is 0 Å². The summed E-state index contributed by atoms with van der Waals surface area (Å²) in [5.74, 6) is 5.44. The first-order valence-corrected chi connectivity index (χ1v) is 10.6. The first kappa shape index (κ1) is 17.8. The van der Waals surface area contributed by atoms with Gasteiger partial charge in [0.2, 0.25) is 0 Å². The number of aryl methyl sites for hydroxylation is 1. The Morgan fingerprint density at radius 3 is 2.65 bits per heavy atom. The van der Waals surface area contributed by atoms with Crippen molar-refractivity contribution in [2.75, 3.05) is 7.05 Å². The molecular formula is C20H34N6. The Balaban J connectivity index is 1.31. The molecule has 1 aliphatic heterocycles. The summed E-state index contributed by atoms with van der Waals surface area (Å²) in [6.07, 6.45) is 10.6. The highest BCUT2D eigenvalue weighted by Gasteiger charge is 2.43. The summed E-state index contributed by atoms with van der Waals surface area (Å²) < 4.78 is 2.31. The van der Waals surface area contributed by atoms with Crippen molar-refractivity contribution in [3.63, 3.8) is 0 Å². The van der Waals surface area contributed by atoms with Crippen LogP contribution in [-0.2, 0) is 13.0 Å². The fourth-order valence-electron chi connectivity index (χ4n) is 4.90. The van der Waals surface area contributed by atoms with E-state index in [0.29, 0.717) is 18.0 Å². The lowest BCUT2D eigenvalue weighted by atomic mass is 9.85. The maximum Gasteiger partial charge on any atom is 0.191 e. The average molecular weight is 359 g/mol. The van der Waals surface area contributed by atoms with Gasteiger partial charge in [0, 0.05) is 38.0 Å². The van der Waals surface area contributed by atoms with Gasteiger partial charge in [-0.25, -0.2) is 0 Å². The van der Waals surface area contributed by atoms with Gasteiger partial charge in [-0.05, 0) is 24.7 Å². The van der Waals surface area contributed by atoms with E-state index >= 15 is 0 Å². The molecule has 0 saturated heterocycles. The molecule has 2 N–H and O–H groups in total. The monoisotopic (exact) mass is 358 g/mol. The molecule has 26 heavy (non-hydrogen) atoms. The molecule has 1 aromatic heterocycles. The van der Waals surface area contributed by atoms with Crippen LogP contribution in [0.2, 0.25) is 0 Å². The number of rotatable bonds is 4. The van der Waals surface area contributed by atoms with Crippen molar-refractivity contribution in [3.8, 4) is 0 Å². The first-order valence-electron chi connectivity index (χ1n) is 10.6. The van der Waals surface area contributed by atoms with Crippen LogP contribution >= 0.6 is 0 Å². The third kappa shape index (κ3) is 3.74. The smallest absolute Gasteiger partial charge is 0.191 e. The number of nitrogens with one attached hydrogen (secondary N) is 2. The summed E-state index contributed by atoms with van der Waals surface area (Å²) in [7, 11) is 1.89. The van der Waals surface area contributed by atoms with Gasteiger partial charge in [-0.15, -0.1) is 10.2 Å². The van der Waals surface area contributed by atoms with Gasteiger partial charge in [-0.2, -0.15) is 0 Å². The third-order valence-corrected chi connectivity index (χ3v) is 6.47. The Kier molecular flexibility index (Phi) is 5.18. The van der Waals surface area contributed by atoms with E-state index in [0.717, 1.165) is 48.8 Å². The Bertz CT molecular complexity index is 643. The van der Waals surface area contributed by atoms with E-state index in [1.807, 2.05) is 7.05 Å². The normalized spacial score (nSPS) is 29.5. The van der Waals surface area contributed by atoms with Crippen molar-refractivity contribution in [2.45, 2.75) is 89.8 Å². The van der Waals surface area contributed by atoms with Crippen molar-refractivity contribution >= 4 is 5.96 Å². The summed E-state index contributed by atoms with van der Waals surface area (Å²) in [6, 6.07) is 1.03. The molecule has 3 unspecified atom stereocenters. The van der Waals surface area contributed by atoms with Crippen LogP contribution in [0.5, 0.6) is 0 Å². The summed E-state index contributed by atoms with van der Waals surface area (Å²) in [6.45, 7) is 5.31. The molecule has 0 amide bonds. The molecule has 2 fully saturated rings. The fraction of sp³-hybridized carbons (Fsp3) is 0.850. The van der Waals surface area contributed by atoms with E-state index in [1.165, 1.54) is 38.5 Å². The second-order valence-corrected chi connectivity index (χ2v) is 8.74. The van der Waals surface area contributed by atoms with Crippen molar-refractivity contribution < 1.29 is 0 Å². The van der Waals surface area contributed by atoms with Crippen molar-refractivity contribution in [3.05, 3.63) is 11.6 Å². The summed E-state index contributed by atoms with van der Waals surface area (Å²) in [5, 5.41) is 16.1. The van der Waals surface area contributed by atoms with Crippen molar-refractivity contribution in [1.29, 1.82) is 0 Å². The van der Waals surface area contributed by atoms with Gasteiger partial charge in [-0.3, -0.25) is 4.99 Å². The second kappa shape index (κ2) is 7.57. The van der Waals surface area contributed by atoms with E-state index in [-0.39, 0.29) is 0 Å². The Morgan fingerprint density at radius 1 is 1.12 bits per heavy atom. The Morgan fingerprint density at radius 2 is 1.92 bits per heavy atom. The van der Waals surface area contributed by atoms with E-state index in [4.69, 9.17) is 0 Å². The number of aromatic nitrogens is 3. The van der Waals surface area contributed by atoms with Crippen LogP contribution in [0.4, 0.5) is 0 Å². The van der Waals surface area contributed by atoms with E-state index in [9.17, 15) is 0 Å². The molecule has 3 atom stereocenters. The number of aliphatic imine (C=N–C) groups is 1. The standard InChI is InChI=1S/C20H34N6/c1-13(2)19-25-24-18-10-9-15(12-26(18)19)22-20(21-3)23-17-11-16(17)14-7-5-4-6-8-14/h13-17H,4-12H2,1-3H3,(H2,21,22,23). The quantitative estimate of drug-likeness (QED) is 0.641. The molecule has 6 heteroatoms. The number of nitrogens with zero attached hydrogens (tertiary/aromatic N) is 4. The zero-order valence-corrected chi connectivity index (χ0v) is 16.5. The Hall–Kier alpha value is -1.59.